The van der Waals surface area contributed by atoms with Crippen molar-refractivity contribution in [2.75, 3.05) is 0 Å². The Morgan fingerprint density at radius 2 is 1.62 bits per heavy atom. The van der Waals surface area contributed by atoms with Crippen LogP contribution >= 0.6 is 23.4 Å². The number of nitriles is 1. The van der Waals surface area contributed by atoms with E-state index in [1.807, 2.05) is 30.3 Å². The summed E-state index contributed by atoms with van der Waals surface area (Å²) >= 11 is 7.65. The number of benzene rings is 2. The molecule has 2 aromatic carbocycles. The van der Waals surface area contributed by atoms with Crippen LogP contribution in [0.25, 0.3) is 22.4 Å². The van der Waals surface area contributed by atoms with Crippen LogP contribution in [0.2, 0.25) is 5.02 Å². The SMILES string of the molecule is Cc1ccc(-c2cc(-c3ccc(Cl)cc3)c(C#N)c(SC(C)C)n2)cc1. The fraction of sp³-hybridized carbons (Fsp3) is 0.182. The van der Waals surface area contributed by atoms with E-state index >= 15 is 0 Å². The number of aromatic nitrogens is 1. The van der Waals surface area contributed by atoms with Crippen molar-refractivity contribution in [2.24, 2.45) is 0 Å². The lowest BCUT2D eigenvalue weighted by Gasteiger charge is -2.14. The molecule has 4 heteroatoms. The molecule has 0 amide bonds. The standard InChI is InChI=1S/C22H19ClN2S/c1-14(2)26-22-20(13-24)19(16-8-10-18(23)11-9-16)12-21(25-22)17-6-4-15(3)5-7-17/h4-12,14H,1-3H3. The van der Waals surface area contributed by atoms with E-state index in [1.165, 1.54) is 5.56 Å². The van der Waals surface area contributed by atoms with Crippen LogP contribution in [0, 0.1) is 18.3 Å². The summed E-state index contributed by atoms with van der Waals surface area (Å²) < 4.78 is 0. The molecule has 26 heavy (non-hydrogen) atoms. The molecule has 0 N–H and O–H groups in total. The molecule has 1 heterocycles. The molecule has 3 rings (SSSR count). The van der Waals surface area contributed by atoms with Crippen LogP contribution < -0.4 is 0 Å². The molecule has 0 radical (unpaired) electrons. The second-order valence-corrected chi connectivity index (χ2v) is 8.39. The van der Waals surface area contributed by atoms with Gasteiger partial charge in [0, 0.05) is 21.4 Å². The van der Waals surface area contributed by atoms with Crippen LogP contribution in [0.5, 0.6) is 0 Å². The van der Waals surface area contributed by atoms with Gasteiger partial charge in [0.25, 0.3) is 0 Å². The summed E-state index contributed by atoms with van der Waals surface area (Å²) in [6.07, 6.45) is 0. The first-order chi connectivity index (χ1) is 12.5. The van der Waals surface area contributed by atoms with Gasteiger partial charge in [0.2, 0.25) is 0 Å². The average molecular weight is 379 g/mol. The van der Waals surface area contributed by atoms with Gasteiger partial charge < -0.3 is 0 Å². The Morgan fingerprint density at radius 1 is 1.00 bits per heavy atom. The summed E-state index contributed by atoms with van der Waals surface area (Å²) in [6.45, 7) is 6.28. The zero-order valence-corrected chi connectivity index (χ0v) is 16.5. The van der Waals surface area contributed by atoms with Gasteiger partial charge in [-0.25, -0.2) is 4.98 Å². The number of hydrogen-bond acceptors (Lipinski definition) is 3. The predicted octanol–water partition coefficient (Wildman–Crippen LogP) is 6.75. The maximum atomic E-state index is 9.80. The van der Waals surface area contributed by atoms with Crippen molar-refractivity contribution < 1.29 is 0 Å². The number of hydrogen-bond donors (Lipinski definition) is 0. The molecule has 0 aliphatic heterocycles. The van der Waals surface area contributed by atoms with Gasteiger partial charge in [0.15, 0.2) is 0 Å². The van der Waals surface area contributed by atoms with Crippen LogP contribution in [0.3, 0.4) is 0 Å². The number of aryl methyl sites for hydroxylation is 1. The Hall–Kier alpha value is -2.28. The summed E-state index contributed by atoms with van der Waals surface area (Å²) in [5.74, 6) is 0. The zero-order chi connectivity index (χ0) is 18.7. The molecule has 0 aliphatic carbocycles. The highest BCUT2D eigenvalue weighted by molar-refractivity contribution is 7.99. The van der Waals surface area contributed by atoms with Crippen LogP contribution in [0.1, 0.15) is 25.0 Å². The fourth-order valence-electron chi connectivity index (χ4n) is 2.67. The number of rotatable bonds is 4. The van der Waals surface area contributed by atoms with E-state index in [1.54, 1.807) is 11.8 Å². The molecule has 2 nitrogen and oxygen atoms in total. The predicted molar refractivity (Wildman–Crippen MR) is 111 cm³/mol. The van der Waals surface area contributed by atoms with Gasteiger partial charge >= 0.3 is 0 Å². The number of halogens is 1. The second kappa shape index (κ2) is 7.95. The molecule has 0 spiro atoms. The monoisotopic (exact) mass is 378 g/mol. The van der Waals surface area contributed by atoms with Crippen LogP contribution in [0.4, 0.5) is 0 Å². The Kier molecular flexibility index (Phi) is 5.66. The van der Waals surface area contributed by atoms with E-state index in [2.05, 4.69) is 51.1 Å². The van der Waals surface area contributed by atoms with E-state index in [9.17, 15) is 5.26 Å². The normalized spacial score (nSPS) is 10.8. The molecule has 1 aromatic heterocycles. The molecule has 3 aromatic rings. The summed E-state index contributed by atoms with van der Waals surface area (Å²) in [4.78, 5) is 4.80. The second-order valence-electron chi connectivity index (χ2n) is 6.39. The van der Waals surface area contributed by atoms with Crippen molar-refractivity contribution in [3.63, 3.8) is 0 Å². The molecule has 0 saturated heterocycles. The molecular weight excluding hydrogens is 360 g/mol. The van der Waals surface area contributed by atoms with Gasteiger partial charge in [0.1, 0.15) is 11.1 Å². The lowest BCUT2D eigenvalue weighted by atomic mass is 9.99. The molecule has 0 saturated carbocycles. The third kappa shape index (κ3) is 4.09. The minimum atomic E-state index is 0.334. The largest absolute Gasteiger partial charge is 0.240 e. The lowest BCUT2D eigenvalue weighted by Crippen LogP contribution is -1.98. The summed E-state index contributed by atoms with van der Waals surface area (Å²) in [5.41, 5.74) is 5.59. The smallest absolute Gasteiger partial charge is 0.115 e. The van der Waals surface area contributed by atoms with Gasteiger partial charge in [-0.3, -0.25) is 0 Å². The third-order valence-electron chi connectivity index (χ3n) is 3.95. The van der Waals surface area contributed by atoms with E-state index in [0.717, 1.165) is 27.4 Å². The highest BCUT2D eigenvalue weighted by Gasteiger charge is 2.16. The topological polar surface area (TPSA) is 36.7 Å². The van der Waals surface area contributed by atoms with Crippen molar-refractivity contribution in [1.82, 2.24) is 4.98 Å². The first-order valence-electron chi connectivity index (χ1n) is 8.42. The molecule has 0 aliphatic rings. The van der Waals surface area contributed by atoms with E-state index in [4.69, 9.17) is 16.6 Å². The van der Waals surface area contributed by atoms with Crippen molar-refractivity contribution in [2.45, 2.75) is 31.0 Å². The van der Waals surface area contributed by atoms with Gasteiger partial charge in [-0.1, -0.05) is 67.4 Å². The summed E-state index contributed by atoms with van der Waals surface area (Å²) in [5, 5.41) is 11.6. The van der Waals surface area contributed by atoms with Gasteiger partial charge in [-0.05, 0) is 30.7 Å². The Labute approximate surface area is 163 Å². The third-order valence-corrected chi connectivity index (χ3v) is 5.19. The first kappa shape index (κ1) is 18.5. The van der Waals surface area contributed by atoms with Crippen LogP contribution in [0.15, 0.2) is 59.6 Å². The molecule has 130 valence electrons. The maximum absolute atomic E-state index is 9.80. The Bertz CT molecular complexity index is 955. The van der Waals surface area contributed by atoms with Crippen molar-refractivity contribution in [1.29, 1.82) is 5.26 Å². The number of nitrogens with zero attached hydrogens (tertiary/aromatic N) is 2. The molecule has 0 bridgehead atoms. The minimum Gasteiger partial charge on any atom is -0.240 e. The number of pyridine rings is 1. The molecule has 0 fully saturated rings. The molecular formula is C22H19ClN2S. The maximum Gasteiger partial charge on any atom is 0.115 e. The summed E-state index contributed by atoms with van der Waals surface area (Å²) in [7, 11) is 0. The lowest BCUT2D eigenvalue weighted by molar-refractivity contribution is 1.07. The summed E-state index contributed by atoms with van der Waals surface area (Å²) in [6, 6.07) is 20.2. The Morgan fingerprint density at radius 3 is 2.19 bits per heavy atom. The van der Waals surface area contributed by atoms with Gasteiger partial charge in [-0.2, -0.15) is 5.26 Å². The van der Waals surface area contributed by atoms with Crippen molar-refractivity contribution in [3.05, 3.63) is 70.7 Å². The van der Waals surface area contributed by atoms with Gasteiger partial charge in [0.05, 0.1) is 11.3 Å². The molecule has 0 unspecified atom stereocenters. The van der Waals surface area contributed by atoms with E-state index in [0.29, 0.717) is 15.8 Å². The minimum absolute atomic E-state index is 0.334. The fourth-order valence-corrected chi connectivity index (χ4v) is 3.66. The van der Waals surface area contributed by atoms with E-state index in [-0.39, 0.29) is 0 Å². The van der Waals surface area contributed by atoms with Crippen molar-refractivity contribution in [3.8, 4) is 28.5 Å². The highest BCUT2D eigenvalue weighted by atomic mass is 35.5. The van der Waals surface area contributed by atoms with Crippen LogP contribution in [-0.4, -0.2) is 10.2 Å². The highest BCUT2D eigenvalue weighted by Crippen LogP contribution is 2.35. The van der Waals surface area contributed by atoms with Crippen molar-refractivity contribution >= 4 is 23.4 Å². The van der Waals surface area contributed by atoms with E-state index < -0.39 is 0 Å². The number of thioether (sulfide) groups is 1. The Balaban J connectivity index is 2.23. The quantitative estimate of drug-likeness (QED) is 0.471. The van der Waals surface area contributed by atoms with Gasteiger partial charge in [-0.15, -0.1) is 11.8 Å². The first-order valence-corrected chi connectivity index (χ1v) is 9.68. The average Bonchev–Trinajstić information content (AvgIpc) is 2.62. The van der Waals surface area contributed by atoms with Crippen LogP contribution in [-0.2, 0) is 0 Å². The molecule has 0 atom stereocenters. The zero-order valence-electron chi connectivity index (χ0n) is 15.0.